The molecule has 0 aromatic heterocycles. The predicted molar refractivity (Wildman–Crippen MR) is 98.7 cm³/mol. The summed E-state index contributed by atoms with van der Waals surface area (Å²) < 4.78 is 5.07. The van der Waals surface area contributed by atoms with Crippen molar-refractivity contribution in [1.29, 1.82) is 0 Å². The molecule has 6 heteroatoms. The third-order valence-electron chi connectivity index (χ3n) is 3.66. The fourth-order valence-electron chi connectivity index (χ4n) is 2.40. The van der Waals surface area contributed by atoms with Crippen LogP contribution in [0.3, 0.4) is 0 Å². The smallest absolute Gasteiger partial charge is 0.275 e. The van der Waals surface area contributed by atoms with Gasteiger partial charge in [-0.3, -0.25) is 4.79 Å². The Morgan fingerprint density at radius 1 is 1.16 bits per heavy atom. The van der Waals surface area contributed by atoms with Gasteiger partial charge in [0.15, 0.2) is 0 Å². The molecule has 0 bridgehead atoms. The van der Waals surface area contributed by atoms with Crippen LogP contribution >= 0.6 is 11.6 Å². The van der Waals surface area contributed by atoms with Crippen molar-refractivity contribution < 1.29 is 14.6 Å². The summed E-state index contributed by atoms with van der Waals surface area (Å²) in [7, 11) is 1.53. The number of aromatic hydroxyl groups is 1. The highest BCUT2D eigenvalue weighted by molar-refractivity contribution is 6.32. The van der Waals surface area contributed by atoms with Crippen LogP contribution < -0.4 is 10.2 Å². The second-order valence-electron chi connectivity index (χ2n) is 5.31. The lowest BCUT2D eigenvalue weighted by Gasteiger charge is -2.06. The van der Waals surface area contributed by atoms with E-state index >= 15 is 0 Å². The molecule has 25 heavy (non-hydrogen) atoms. The van der Waals surface area contributed by atoms with Gasteiger partial charge < -0.3 is 9.84 Å². The first kappa shape index (κ1) is 16.8. The molecule has 0 aliphatic rings. The van der Waals surface area contributed by atoms with E-state index in [1.54, 1.807) is 30.3 Å². The van der Waals surface area contributed by atoms with E-state index in [9.17, 15) is 9.90 Å². The summed E-state index contributed by atoms with van der Waals surface area (Å²) in [4.78, 5) is 12.2. The number of phenolic OH excluding ortho intramolecular Hbond substituents is 1. The van der Waals surface area contributed by atoms with Crippen molar-refractivity contribution in [3.05, 3.63) is 70.7 Å². The Morgan fingerprint density at radius 2 is 1.88 bits per heavy atom. The maximum Gasteiger partial charge on any atom is 0.275 e. The van der Waals surface area contributed by atoms with Crippen molar-refractivity contribution in [2.75, 3.05) is 7.11 Å². The van der Waals surface area contributed by atoms with Gasteiger partial charge in [-0.2, -0.15) is 5.10 Å². The van der Waals surface area contributed by atoms with Gasteiger partial charge in [-0.25, -0.2) is 5.43 Å². The quantitative estimate of drug-likeness (QED) is 0.550. The van der Waals surface area contributed by atoms with Crippen LogP contribution in [0.2, 0.25) is 5.02 Å². The number of hydrazone groups is 1. The summed E-state index contributed by atoms with van der Waals surface area (Å²) in [5, 5.41) is 16.1. The largest absolute Gasteiger partial charge is 0.507 e. The topological polar surface area (TPSA) is 70.9 Å². The highest BCUT2D eigenvalue weighted by atomic mass is 35.5. The molecule has 0 heterocycles. The summed E-state index contributed by atoms with van der Waals surface area (Å²) in [5.41, 5.74) is 3.26. The number of hydrogen-bond donors (Lipinski definition) is 2. The summed E-state index contributed by atoms with van der Waals surface area (Å²) >= 11 is 6.04. The number of carbonyl (C=O) groups excluding carboxylic acids is 1. The standard InChI is InChI=1S/C19H15ClN2O3/c1-25-18-7-6-12(8-16(18)20)11-21-22-19(24)15-9-13-4-2-3-5-14(13)10-17(15)23/h2-11,23H,1H3,(H,22,24). The number of nitrogens with one attached hydrogen (secondary N) is 1. The summed E-state index contributed by atoms with van der Waals surface area (Å²) in [5.74, 6) is -0.0399. The Bertz CT molecular complexity index is 970. The Labute approximate surface area is 149 Å². The normalized spacial score (nSPS) is 11.0. The number of halogens is 1. The zero-order chi connectivity index (χ0) is 17.8. The lowest BCUT2D eigenvalue weighted by Crippen LogP contribution is -2.17. The van der Waals surface area contributed by atoms with Crippen molar-refractivity contribution in [2.45, 2.75) is 0 Å². The number of carbonyl (C=O) groups is 1. The molecule has 0 fully saturated rings. The first-order valence-corrected chi connectivity index (χ1v) is 7.85. The molecule has 2 N–H and O–H groups in total. The van der Waals surface area contributed by atoms with E-state index in [1.165, 1.54) is 13.3 Å². The van der Waals surface area contributed by atoms with Crippen LogP contribution in [-0.4, -0.2) is 24.3 Å². The molecule has 5 nitrogen and oxygen atoms in total. The molecule has 3 aromatic carbocycles. The maximum atomic E-state index is 12.2. The van der Waals surface area contributed by atoms with Gasteiger partial charge in [0.05, 0.1) is 23.9 Å². The van der Waals surface area contributed by atoms with Crippen LogP contribution in [0.25, 0.3) is 10.8 Å². The Hall–Kier alpha value is -3.05. The molecule has 0 saturated heterocycles. The van der Waals surface area contributed by atoms with Gasteiger partial charge in [0.2, 0.25) is 0 Å². The van der Waals surface area contributed by atoms with Gasteiger partial charge in [0.1, 0.15) is 11.5 Å². The van der Waals surface area contributed by atoms with Crippen LogP contribution in [0, 0.1) is 0 Å². The van der Waals surface area contributed by atoms with E-state index in [2.05, 4.69) is 10.5 Å². The molecule has 0 atom stereocenters. The van der Waals surface area contributed by atoms with Crippen molar-refractivity contribution in [1.82, 2.24) is 5.43 Å². The maximum absolute atomic E-state index is 12.2. The minimum absolute atomic E-state index is 0.0982. The Morgan fingerprint density at radius 3 is 2.56 bits per heavy atom. The first-order valence-electron chi connectivity index (χ1n) is 7.47. The second-order valence-corrected chi connectivity index (χ2v) is 5.72. The molecule has 126 valence electrons. The molecule has 0 spiro atoms. The predicted octanol–water partition coefficient (Wildman–Crippen LogP) is 3.97. The number of fused-ring (bicyclic) bond motifs is 1. The summed E-state index contributed by atoms with van der Waals surface area (Å²) in [6.45, 7) is 0. The van der Waals surface area contributed by atoms with Gasteiger partial charge in [-0.1, -0.05) is 35.9 Å². The van der Waals surface area contributed by atoms with Gasteiger partial charge in [-0.15, -0.1) is 0 Å². The SMILES string of the molecule is COc1ccc(C=NNC(=O)c2cc3ccccc3cc2O)cc1Cl. The highest BCUT2D eigenvalue weighted by Gasteiger charge is 2.11. The van der Waals surface area contributed by atoms with Crippen molar-refractivity contribution in [2.24, 2.45) is 5.10 Å². The monoisotopic (exact) mass is 354 g/mol. The van der Waals surface area contributed by atoms with E-state index in [-0.39, 0.29) is 11.3 Å². The molecule has 0 saturated carbocycles. The van der Waals surface area contributed by atoms with Gasteiger partial charge in [-0.05, 0) is 46.7 Å². The van der Waals surface area contributed by atoms with E-state index < -0.39 is 5.91 Å². The molecular weight excluding hydrogens is 340 g/mol. The zero-order valence-electron chi connectivity index (χ0n) is 13.4. The third-order valence-corrected chi connectivity index (χ3v) is 3.96. The molecule has 0 aliphatic heterocycles. The van der Waals surface area contributed by atoms with Gasteiger partial charge in [0, 0.05) is 0 Å². The highest BCUT2D eigenvalue weighted by Crippen LogP contribution is 2.25. The fourth-order valence-corrected chi connectivity index (χ4v) is 2.66. The third kappa shape index (κ3) is 3.72. The molecule has 0 aliphatic carbocycles. The minimum atomic E-state index is -0.501. The van der Waals surface area contributed by atoms with E-state index in [0.717, 1.165) is 10.8 Å². The Balaban J connectivity index is 1.76. The molecule has 3 rings (SSSR count). The van der Waals surface area contributed by atoms with Crippen molar-refractivity contribution in [3.8, 4) is 11.5 Å². The number of nitrogens with zero attached hydrogens (tertiary/aromatic N) is 1. The lowest BCUT2D eigenvalue weighted by molar-refractivity contribution is 0.0952. The fraction of sp³-hybridized carbons (Fsp3) is 0.0526. The van der Waals surface area contributed by atoms with Crippen LogP contribution in [0.5, 0.6) is 11.5 Å². The van der Waals surface area contributed by atoms with Crippen LogP contribution in [0.1, 0.15) is 15.9 Å². The average Bonchev–Trinajstić information content (AvgIpc) is 2.61. The number of hydrogen-bond acceptors (Lipinski definition) is 4. The summed E-state index contributed by atoms with van der Waals surface area (Å²) in [6.07, 6.45) is 1.46. The molecular formula is C19H15ClN2O3. The van der Waals surface area contributed by atoms with Gasteiger partial charge in [0.25, 0.3) is 5.91 Å². The molecule has 0 unspecified atom stereocenters. The Kier molecular flexibility index (Phi) is 4.86. The molecule has 0 radical (unpaired) electrons. The minimum Gasteiger partial charge on any atom is -0.507 e. The van der Waals surface area contributed by atoms with Crippen LogP contribution in [0.15, 0.2) is 59.7 Å². The zero-order valence-corrected chi connectivity index (χ0v) is 14.1. The molecule has 1 amide bonds. The van der Waals surface area contributed by atoms with Crippen molar-refractivity contribution >= 4 is 34.5 Å². The number of benzene rings is 3. The van der Waals surface area contributed by atoms with E-state index in [0.29, 0.717) is 16.3 Å². The number of phenols is 1. The van der Waals surface area contributed by atoms with Gasteiger partial charge >= 0.3 is 0 Å². The van der Waals surface area contributed by atoms with Crippen LogP contribution in [-0.2, 0) is 0 Å². The number of ether oxygens (including phenoxy) is 1. The summed E-state index contributed by atoms with van der Waals surface area (Å²) in [6, 6.07) is 15.8. The number of methoxy groups -OCH3 is 1. The van der Waals surface area contributed by atoms with Crippen molar-refractivity contribution in [3.63, 3.8) is 0 Å². The number of amides is 1. The second kappa shape index (κ2) is 7.23. The number of rotatable bonds is 4. The first-order chi connectivity index (χ1) is 12.1. The average molecular weight is 355 g/mol. The van der Waals surface area contributed by atoms with E-state index in [1.807, 2.05) is 24.3 Å². The van der Waals surface area contributed by atoms with Crippen LogP contribution in [0.4, 0.5) is 0 Å². The van der Waals surface area contributed by atoms with E-state index in [4.69, 9.17) is 16.3 Å². The molecule has 3 aromatic rings. The lowest BCUT2D eigenvalue weighted by atomic mass is 10.1.